The van der Waals surface area contributed by atoms with Crippen LogP contribution in [0.25, 0.3) is 67.2 Å². The standard InChI is InChI=1S/C42H31N3/c1-2-13-29(14-3-1)39-43-40(32-21-20-28-12-4-5-15-30(28)26-32)45-41(44-39)36-18-7-6-16-33(36)31-22-23-35-34-17-8-9-19-37(34)42(38(35)27-31)24-10-11-25-42/h1-9,12-23,26-27H,10-11,24-25H2. The Morgan fingerprint density at radius 2 is 0.978 bits per heavy atom. The van der Waals surface area contributed by atoms with Crippen LogP contribution in [0.2, 0.25) is 0 Å². The van der Waals surface area contributed by atoms with Crippen LogP contribution in [0.5, 0.6) is 0 Å². The summed E-state index contributed by atoms with van der Waals surface area (Å²) in [6.07, 6.45) is 4.98. The van der Waals surface area contributed by atoms with Crippen molar-refractivity contribution in [2.24, 2.45) is 0 Å². The Morgan fingerprint density at radius 3 is 1.80 bits per heavy atom. The Kier molecular flexibility index (Phi) is 5.99. The predicted molar refractivity (Wildman–Crippen MR) is 184 cm³/mol. The smallest absolute Gasteiger partial charge is 0.164 e. The fourth-order valence-corrected chi connectivity index (χ4v) is 7.74. The zero-order chi connectivity index (χ0) is 29.8. The van der Waals surface area contributed by atoms with Gasteiger partial charge in [0, 0.05) is 22.1 Å². The first-order valence-corrected chi connectivity index (χ1v) is 15.9. The van der Waals surface area contributed by atoms with Gasteiger partial charge in [0.1, 0.15) is 0 Å². The molecule has 0 amide bonds. The second-order valence-electron chi connectivity index (χ2n) is 12.4. The third-order valence-corrected chi connectivity index (χ3v) is 9.88. The van der Waals surface area contributed by atoms with E-state index < -0.39 is 0 Å². The molecule has 0 bridgehead atoms. The van der Waals surface area contributed by atoms with Gasteiger partial charge in [-0.1, -0.05) is 140 Å². The van der Waals surface area contributed by atoms with Crippen LogP contribution in [0, 0.1) is 0 Å². The summed E-state index contributed by atoms with van der Waals surface area (Å²) >= 11 is 0. The van der Waals surface area contributed by atoms with E-state index in [1.54, 1.807) is 0 Å². The number of benzene rings is 6. The van der Waals surface area contributed by atoms with Crippen molar-refractivity contribution >= 4 is 10.8 Å². The summed E-state index contributed by atoms with van der Waals surface area (Å²) in [5.41, 5.74) is 11.2. The molecular formula is C42H31N3. The van der Waals surface area contributed by atoms with Gasteiger partial charge in [-0.25, -0.2) is 15.0 Å². The first kappa shape index (κ1) is 26.0. The number of aromatic nitrogens is 3. The van der Waals surface area contributed by atoms with Gasteiger partial charge in [0.05, 0.1) is 0 Å². The highest BCUT2D eigenvalue weighted by molar-refractivity contribution is 5.89. The van der Waals surface area contributed by atoms with Crippen LogP contribution in [0.1, 0.15) is 36.8 Å². The van der Waals surface area contributed by atoms with Crippen LogP contribution in [0.4, 0.5) is 0 Å². The number of fused-ring (bicyclic) bond motifs is 6. The molecule has 0 saturated heterocycles. The van der Waals surface area contributed by atoms with E-state index in [2.05, 4.69) is 121 Å². The molecule has 6 aromatic carbocycles. The summed E-state index contributed by atoms with van der Waals surface area (Å²) in [6, 6.07) is 49.8. The van der Waals surface area contributed by atoms with E-state index >= 15 is 0 Å². The maximum Gasteiger partial charge on any atom is 0.164 e. The van der Waals surface area contributed by atoms with Gasteiger partial charge in [0.15, 0.2) is 17.5 Å². The minimum atomic E-state index is 0.119. The Hall–Kier alpha value is -5.41. The Morgan fingerprint density at radius 1 is 0.378 bits per heavy atom. The molecule has 0 N–H and O–H groups in total. The molecule has 2 aliphatic carbocycles. The maximum absolute atomic E-state index is 5.15. The maximum atomic E-state index is 5.15. The molecule has 3 nitrogen and oxygen atoms in total. The third-order valence-electron chi connectivity index (χ3n) is 9.88. The number of hydrogen-bond acceptors (Lipinski definition) is 3. The average molecular weight is 578 g/mol. The Bertz CT molecular complexity index is 2230. The average Bonchev–Trinajstić information content (AvgIpc) is 3.72. The van der Waals surface area contributed by atoms with Gasteiger partial charge in [-0.15, -0.1) is 0 Å². The molecule has 0 radical (unpaired) electrons. The van der Waals surface area contributed by atoms with E-state index in [0.29, 0.717) is 17.5 Å². The molecule has 0 unspecified atom stereocenters. The van der Waals surface area contributed by atoms with Crippen LogP contribution in [0.3, 0.4) is 0 Å². The van der Waals surface area contributed by atoms with Crippen molar-refractivity contribution in [1.29, 1.82) is 0 Å². The predicted octanol–water partition coefficient (Wildman–Crippen LogP) is 10.5. The lowest BCUT2D eigenvalue weighted by Gasteiger charge is -2.27. The molecule has 214 valence electrons. The SMILES string of the molecule is c1ccc(-c2nc(-c3ccc4ccccc4c3)nc(-c3ccccc3-c3ccc4c(c3)C3(CCCC3)c3ccccc3-4)n2)cc1. The van der Waals surface area contributed by atoms with E-state index in [4.69, 9.17) is 15.0 Å². The second kappa shape index (κ2) is 10.3. The fourth-order valence-electron chi connectivity index (χ4n) is 7.74. The summed E-state index contributed by atoms with van der Waals surface area (Å²) in [5, 5.41) is 2.36. The minimum Gasteiger partial charge on any atom is -0.208 e. The van der Waals surface area contributed by atoms with Gasteiger partial charge in [0.2, 0.25) is 0 Å². The molecule has 2 aliphatic rings. The fraction of sp³-hybridized carbons (Fsp3) is 0.119. The molecule has 1 saturated carbocycles. The first-order valence-electron chi connectivity index (χ1n) is 15.9. The molecule has 0 aliphatic heterocycles. The van der Waals surface area contributed by atoms with Gasteiger partial charge in [-0.3, -0.25) is 0 Å². The van der Waals surface area contributed by atoms with Crippen molar-refractivity contribution in [3.63, 3.8) is 0 Å². The van der Waals surface area contributed by atoms with Crippen LogP contribution in [-0.4, -0.2) is 15.0 Å². The molecule has 45 heavy (non-hydrogen) atoms. The molecule has 1 fully saturated rings. The molecule has 1 spiro atoms. The molecule has 3 heteroatoms. The monoisotopic (exact) mass is 577 g/mol. The number of hydrogen-bond donors (Lipinski definition) is 0. The molecule has 1 aromatic heterocycles. The lowest BCUT2D eigenvalue weighted by Crippen LogP contribution is -2.20. The van der Waals surface area contributed by atoms with E-state index in [9.17, 15) is 0 Å². The number of rotatable bonds is 4. The van der Waals surface area contributed by atoms with Crippen LogP contribution in [0.15, 0.2) is 140 Å². The van der Waals surface area contributed by atoms with Gasteiger partial charge in [0.25, 0.3) is 0 Å². The largest absolute Gasteiger partial charge is 0.208 e. The second-order valence-corrected chi connectivity index (χ2v) is 12.4. The van der Waals surface area contributed by atoms with Gasteiger partial charge in [-0.2, -0.15) is 0 Å². The van der Waals surface area contributed by atoms with E-state index in [0.717, 1.165) is 22.3 Å². The van der Waals surface area contributed by atoms with Gasteiger partial charge < -0.3 is 0 Å². The molecule has 9 rings (SSSR count). The van der Waals surface area contributed by atoms with Crippen molar-refractivity contribution < 1.29 is 0 Å². The summed E-state index contributed by atoms with van der Waals surface area (Å²) in [6.45, 7) is 0. The van der Waals surface area contributed by atoms with Crippen molar-refractivity contribution in [3.05, 3.63) is 151 Å². The minimum absolute atomic E-state index is 0.119. The lowest BCUT2D eigenvalue weighted by molar-refractivity contribution is 0.550. The normalized spacial score (nSPS) is 14.5. The lowest BCUT2D eigenvalue weighted by atomic mass is 9.76. The van der Waals surface area contributed by atoms with Crippen LogP contribution >= 0.6 is 0 Å². The number of nitrogens with zero attached hydrogens (tertiary/aromatic N) is 3. The highest BCUT2D eigenvalue weighted by atomic mass is 15.0. The van der Waals surface area contributed by atoms with Crippen molar-refractivity contribution in [3.8, 4) is 56.4 Å². The highest BCUT2D eigenvalue weighted by Gasteiger charge is 2.44. The Balaban J connectivity index is 1.22. The van der Waals surface area contributed by atoms with Crippen molar-refractivity contribution in [2.75, 3.05) is 0 Å². The molecule has 7 aromatic rings. The molecular weight excluding hydrogens is 546 g/mol. The first-order chi connectivity index (χ1) is 22.3. The summed E-state index contributed by atoms with van der Waals surface area (Å²) in [4.78, 5) is 15.3. The zero-order valence-corrected chi connectivity index (χ0v) is 24.9. The van der Waals surface area contributed by atoms with Gasteiger partial charge in [-0.05, 0) is 69.1 Å². The van der Waals surface area contributed by atoms with E-state index in [-0.39, 0.29) is 5.41 Å². The van der Waals surface area contributed by atoms with Crippen molar-refractivity contribution in [1.82, 2.24) is 15.0 Å². The van der Waals surface area contributed by atoms with E-state index in [1.165, 1.54) is 64.3 Å². The summed E-state index contributed by atoms with van der Waals surface area (Å²) in [7, 11) is 0. The van der Waals surface area contributed by atoms with Crippen molar-refractivity contribution in [2.45, 2.75) is 31.1 Å². The highest BCUT2D eigenvalue weighted by Crippen LogP contribution is 2.57. The van der Waals surface area contributed by atoms with Gasteiger partial charge >= 0.3 is 0 Å². The zero-order valence-electron chi connectivity index (χ0n) is 24.9. The van der Waals surface area contributed by atoms with Crippen LogP contribution < -0.4 is 0 Å². The topological polar surface area (TPSA) is 38.7 Å². The quantitative estimate of drug-likeness (QED) is 0.209. The molecule has 1 heterocycles. The Labute approximate surface area is 263 Å². The summed E-state index contributed by atoms with van der Waals surface area (Å²) < 4.78 is 0. The van der Waals surface area contributed by atoms with E-state index in [1.807, 2.05) is 18.2 Å². The van der Waals surface area contributed by atoms with Crippen LogP contribution in [-0.2, 0) is 5.41 Å². The third kappa shape index (κ3) is 4.22. The molecule has 0 atom stereocenters. The summed E-state index contributed by atoms with van der Waals surface area (Å²) in [5.74, 6) is 2.03.